The van der Waals surface area contributed by atoms with Gasteiger partial charge in [0.2, 0.25) is 10.7 Å². The van der Waals surface area contributed by atoms with Crippen LogP contribution in [0.1, 0.15) is 20.8 Å². The lowest BCUT2D eigenvalue weighted by atomic mass is 10.4. The number of nitrogens with zero attached hydrogens (tertiary/aromatic N) is 2. The van der Waals surface area contributed by atoms with Gasteiger partial charge in [-0.1, -0.05) is 0 Å². The lowest BCUT2D eigenvalue weighted by Gasteiger charge is -2.27. The molecule has 6 heteroatoms. The number of methoxy groups -OCH3 is 1. The van der Waals surface area contributed by atoms with Gasteiger partial charge < -0.3 is 4.74 Å². The molecule has 0 aromatic rings. The van der Waals surface area contributed by atoms with Crippen molar-refractivity contribution in [1.82, 2.24) is 0 Å². The average Bonchev–Trinajstić information content (AvgIpc) is 2.20. The lowest BCUT2D eigenvalue weighted by Crippen LogP contribution is -2.43. The zero-order chi connectivity index (χ0) is 11.2. The molecule has 84 valence electrons. The van der Waals surface area contributed by atoms with Gasteiger partial charge in [-0.05, 0) is 25.9 Å². The van der Waals surface area contributed by atoms with E-state index < -0.39 is 10.7 Å². The van der Waals surface area contributed by atoms with Crippen LogP contribution < -0.4 is 0 Å². The number of quaternary nitrogens is 1. The maximum Gasteiger partial charge on any atom is 0.357 e. The maximum atomic E-state index is 10.7. The Hall–Kier alpha value is -0.620. The second-order valence-corrected chi connectivity index (χ2v) is 3.78. The molecule has 14 heavy (non-hydrogen) atoms. The van der Waals surface area contributed by atoms with Gasteiger partial charge in [-0.25, -0.2) is 8.42 Å². The Morgan fingerprint density at radius 1 is 1.21 bits per heavy atom. The van der Waals surface area contributed by atoms with Gasteiger partial charge >= 0.3 is 5.23 Å². The van der Waals surface area contributed by atoms with E-state index in [-0.39, 0.29) is 5.23 Å². The minimum Gasteiger partial charge on any atom is -0.470 e. The van der Waals surface area contributed by atoms with Crippen molar-refractivity contribution in [3.8, 4) is 0 Å². The van der Waals surface area contributed by atoms with Crippen molar-refractivity contribution in [3.05, 3.63) is 0 Å². The highest BCUT2D eigenvalue weighted by Gasteiger charge is 2.23. The maximum absolute atomic E-state index is 10.7. The minimum atomic E-state index is -2.73. The monoisotopic (exact) mass is 223 g/mol. The van der Waals surface area contributed by atoms with Gasteiger partial charge in [0.15, 0.2) is 0 Å². The Bertz CT molecular complexity index is 253. The van der Waals surface area contributed by atoms with Crippen molar-refractivity contribution < 1.29 is 17.7 Å². The van der Waals surface area contributed by atoms with Crippen LogP contribution in [0.25, 0.3) is 0 Å². The summed E-state index contributed by atoms with van der Waals surface area (Å²) in [7, 11) is -1.41. The largest absolute Gasteiger partial charge is 0.470 e. The predicted molar refractivity (Wildman–Crippen MR) is 56.6 cm³/mol. The lowest BCUT2D eigenvalue weighted by molar-refractivity contribution is -0.930. The van der Waals surface area contributed by atoms with E-state index in [0.29, 0.717) is 4.59 Å². The molecule has 0 fully saturated rings. The molecule has 0 rings (SSSR count). The zero-order valence-electron chi connectivity index (χ0n) is 9.19. The molecule has 5 nitrogen and oxygen atoms in total. The normalized spacial score (nSPS) is 13.4. The first-order valence-electron chi connectivity index (χ1n) is 4.69. The number of rotatable bonds is 4. The third-order valence-electron chi connectivity index (χ3n) is 2.40. The Morgan fingerprint density at radius 3 is 1.86 bits per heavy atom. The highest BCUT2D eigenvalue weighted by molar-refractivity contribution is 7.89. The van der Waals surface area contributed by atoms with Crippen molar-refractivity contribution in [3.63, 3.8) is 0 Å². The van der Waals surface area contributed by atoms with E-state index in [9.17, 15) is 8.42 Å². The molecule has 0 aliphatic carbocycles. The third-order valence-corrected chi connectivity index (χ3v) is 2.99. The fourth-order valence-electron chi connectivity index (χ4n) is 1.22. The van der Waals surface area contributed by atoms with E-state index in [1.165, 1.54) is 7.11 Å². The molecule has 0 unspecified atom stereocenters. The molecule has 0 amide bonds. The van der Waals surface area contributed by atoms with E-state index in [1.54, 1.807) is 0 Å². The summed E-state index contributed by atoms with van der Waals surface area (Å²) in [5.41, 5.74) is 0. The zero-order valence-corrected chi connectivity index (χ0v) is 10.1. The van der Waals surface area contributed by atoms with E-state index >= 15 is 0 Å². The van der Waals surface area contributed by atoms with Gasteiger partial charge in [-0.15, -0.1) is 0 Å². The van der Waals surface area contributed by atoms with Crippen molar-refractivity contribution in [2.45, 2.75) is 20.8 Å². The molecule has 0 spiro atoms. The van der Waals surface area contributed by atoms with Crippen LogP contribution in [0.15, 0.2) is 5.10 Å². The Morgan fingerprint density at radius 2 is 1.64 bits per heavy atom. The van der Waals surface area contributed by atoms with Gasteiger partial charge in [-0.2, -0.15) is 4.59 Å². The SMILES string of the molecule is CC[N+](CC)(CC)N=C(OC)[SH](=O)=O. The summed E-state index contributed by atoms with van der Waals surface area (Å²) in [4.78, 5) is 0. The molecular weight excluding hydrogens is 204 g/mol. The number of thiol groups is 1. The Kier molecular flexibility index (Phi) is 5.71. The summed E-state index contributed by atoms with van der Waals surface area (Å²) in [6.07, 6.45) is 0. The highest BCUT2D eigenvalue weighted by Crippen LogP contribution is 2.07. The van der Waals surface area contributed by atoms with Gasteiger partial charge in [0, 0.05) is 0 Å². The van der Waals surface area contributed by atoms with Crippen LogP contribution in [-0.4, -0.2) is 45.0 Å². The number of ether oxygens (including phenoxy) is 1. The summed E-state index contributed by atoms with van der Waals surface area (Å²) in [5, 5.41) is 3.93. The van der Waals surface area contributed by atoms with Crippen LogP contribution in [0, 0.1) is 0 Å². The first-order valence-corrected chi connectivity index (χ1v) is 5.87. The van der Waals surface area contributed by atoms with Crippen LogP contribution in [0.4, 0.5) is 0 Å². The van der Waals surface area contributed by atoms with Crippen LogP contribution >= 0.6 is 0 Å². The van der Waals surface area contributed by atoms with Crippen molar-refractivity contribution in [2.24, 2.45) is 5.10 Å². The molecule has 0 N–H and O–H groups in total. The van der Waals surface area contributed by atoms with E-state index in [0.717, 1.165) is 19.6 Å². The van der Waals surface area contributed by atoms with Crippen LogP contribution in [0.3, 0.4) is 0 Å². The summed E-state index contributed by atoms with van der Waals surface area (Å²) < 4.78 is 26.5. The molecule has 0 heterocycles. The van der Waals surface area contributed by atoms with Gasteiger partial charge in [0.05, 0.1) is 7.11 Å². The van der Waals surface area contributed by atoms with E-state index in [4.69, 9.17) is 4.74 Å². The average molecular weight is 223 g/mol. The van der Waals surface area contributed by atoms with Crippen LogP contribution in [-0.2, 0) is 15.4 Å². The van der Waals surface area contributed by atoms with Gasteiger partial charge in [-0.3, -0.25) is 0 Å². The second-order valence-electron chi connectivity index (χ2n) is 2.89. The quantitative estimate of drug-likeness (QED) is 0.247. The molecule has 0 aromatic heterocycles. The van der Waals surface area contributed by atoms with Gasteiger partial charge in [0.25, 0.3) is 0 Å². The molecule has 0 aliphatic rings. The fourth-order valence-corrected chi connectivity index (χ4v) is 1.63. The standard InChI is InChI=1S/C8H19N2O3S/c1-5-10(6-2,7-3)9-8(13-4)14(11)12/h14H,5-7H2,1-4H3/q+1. The Labute approximate surface area is 86.9 Å². The molecular formula is C8H19N2O3S+. The van der Waals surface area contributed by atoms with E-state index in [2.05, 4.69) is 5.10 Å². The summed E-state index contributed by atoms with van der Waals surface area (Å²) in [5.74, 6) is 0. The predicted octanol–water partition coefficient (Wildman–Crippen LogP) is 0.392. The highest BCUT2D eigenvalue weighted by atomic mass is 32.2. The first kappa shape index (κ1) is 13.4. The van der Waals surface area contributed by atoms with Crippen LogP contribution in [0.2, 0.25) is 0 Å². The molecule has 0 aromatic carbocycles. The topological polar surface area (TPSA) is 55.7 Å². The fraction of sp³-hybridized carbons (Fsp3) is 0.875. The molecule has 0 saturated carbocycles. The van der Waals surface area contributed by atoms with Crippen LogP contribution in [0.5, 0.6) is 0 Å². The molecule has 0 radical (unpaired) electrons. The Balaban J connectivity index is 5.03. The number of hydrogen-bond donors (Lipinski definition) is 1. The number of hydrogen-bond acceptors (Lipinski definition) is 4. The minimum absolute atomic E-state index is 0.189. The molecule has 0 saturated heterocycles. The van der Waals surface area contributed by atoms with E-state index in [1.807, 2.05) is 20.8 Å². The van der Waals surface area contributed by atoms with Crippen molar-refractivity contribution in [2.75, 3.05) is 26.7 Å². The molecule has 0 atom stereocenters. The summed E-state index contributed by atoms with van der Waals surface area (Å²) in [6, 6.07) is 0. The van der Waals surface area contributed by atoms with Gasteiger partial charge in [0.1, 0.15) is 19.6 Å². The summed E-state index contributed by atoms with van der Waals surface area (Å²) >= 11 is 0. The van der Waals surface area contributed by atoms with Crippen molar-refractivity contribution in [1.29, 1.82) is 0 Å². The third kappa shape index (κ3) is 3.26. The molecule has 0 aliphatic heterocycles. The first-order chi connectivity index (χ1) is 6.55. The molecule has 0 bridgehead atoms. The summed E-state index contributed by atoms with van der Waals surface area (Å²) in [6.45, 7) is 8.18. The van der Waals surface area contributed by atoms with Crippen molar-refractivity contribution >= 4 is 15.9 Å². The smallest absolute Gasteiger partial charge is 0.357 e. The second kappa shape index (κ2) is 5.98.